The fourth-order valence-corrected chi connectivity index (χ4v) is 3.70. The summed E-state index contributed by atoms with van der Waals surface area (Å²) in [6.07, 6.45) is 7.87. The number of amides is 1. The Balaban J connectivity index is 1.23. The lowest BCUT2D eigenvalue weighted by atomic mass is 9.95. The summed E-state index contributed by atoms with van der Waals surface area (Å²) in [4.78, 5) is 27.3. The number of fused-ring (bicyclic) bond motifs is 1. The van der Waals surface area contributed by atoms with E-state index < -0.39 is 0 Å². The first kappa shape index (κ1) is 19.2. The van der Waals surface area contributed by atoms with Gasteiger partial charge in [0.05, 0.1) is 0 Å². The summed E-state index contributed by atoms with van der Waals surface area (Å²) >= 11 is 0. The van der Waals surface area contributed by atoms with Crippen LogP contribution in [0.4, 0.5) is 11.7 Å². The first-order valence-corrected chi connectivity index (χ1v) is 10.1. The van der Waals surface area contributed by atoms with Gasteiger partial charge in [0.25, 0.3) is 6.01 Å². The van der Waals surface area contributed by atoms with Gasteiger partial charge < -0.3 is 20.0 Å². The second-order valence-corrected chi connectivity index (χ2v) is 7.45. The van der Waals surface area contributed by atoms with Crippen molar-refractivity contribution in [2.24, 2.45) is 5.92 Å². The summed E-state index contributed by atoms with van der Waals surface area (Å²) in [7, 11) is 0. The maximum atomic E-state index is 12.4. The molecule has 0 bridgehead atoms. The molecule has 0 spiro atoms. The number of rotatable bonds is 7. The molecule has 3 aromatic heterocycles. The Bertz CT molecular complexity index is 939. The summed E-state index contributed by atoms with van der Waals surface area (Å²) in [6, 6.07) is 6.25. The summed E-state index contributed by atoms with van der Waals surface area (Å²) in [6.45, 7) is 4.95. The van der Waals surface area contributed by atoms with Gasteiger partial charge in [-0.1, -0.05) is 0 Å². The lowest BCUT2D eigenvalue weighted by Crippen LogP contribution is -2.38. The van der Waals surface area contributed by atoms with Crippen LogP contribution in [0, 0.1) is 12.8 Å². The van der Waals surface area contributed by atoms with Crippen molar-refractivity contribution in [3.8, 4) is 0 Å². The van der Waals surface area contributed by atoms with Crippen LogP contribution >= 0.6 is 0 Å². The number of aromatic nitrogens is 3. The van der Waals surface area contributed by atoms with Crippen molar-refractivity contribution in [1.82, 2.24) is 20.3 Å². The van der Waals surface area contributed by atoms with Crippen molar-refractivity contribution in [3.05, 3.63) is 42.4 Å². The minimum absolute atomic E-state index is 0.0873. The van der Waals surface area contributed by atoms with E-state index in [9.17, 15) is 4.79 Å². The highest BCUT2D eigenvalue weighted by Gasteiger charge is 2.25. The fraction of sp³-hybridized carbons (Fsp3) is 0.429. The minimum Gasteiger partial charge on any atom is -0.422 e. The molecular formula is C21H26N6O2. The third-order valence-electron chi connectivity index (χ3n) is 5.20. The molecule has 8 nitrogen and oxygen atoms in total. The molecule has 152 valence electrons. The minimum atomic E-state index is 0.0873. The van der Waals surface area contributed by atoms with Crippen LogP contribution in [0.1, 0.15) is 24.8 Å². The Kier molecular flexibility index (Phi) is 5.88. The monoisotopic (exact) mass is 394 g/mol. The number of nitrogens with one attached hydrogen (secondary N) is 2. The molecule has 29 heavy (non-hydrogen) atoms. The molecule has 1 aliphatic rings. The summed E-state index contributed by atoms with van der Waals surface area (Å²) in [5.74, 6) is 0.381. The molecule has 2 N–H and O–H groups in total. The number of nitrogens with zero attached hydrogens (tertiary/aromatic N) is 4. The fourth-order valence-electron chi connectivity index (χ4n) is 3.70. The zero-order valence-electron chi connectivity index (χ0n) is 16.6. The summed E-state index contributed by atoms with van der Waals surface area (Å²) in [5, 5.41) is 6.33. The highest BCUT2D eigenvalue weighted by Crippen LogP contribution is 2.26. The largest absolute Gasteiger partial charge is 0.422 e. The van der Waals surface area contributed by atoms with Crippen LogP contribution in [0.25, 0.3) is 11.2 Å². The number of hydrogen-bond acceptors (Lipinski definition) is 7. The molecule has 4 rings (SSSR count). The van der Waals surface area contributed by atoms with Gasteiger partial charge in [-0.15, -0.1) is 0 Å². The number of piperidine rings is 1. The quantitative estimate of drug-likeness (QED) is 0.595. The van der Waals surface area contributed by atoms with E-state index in [1.807, 2.05) is 31.3 Å². The van der Waals surface area contributed by atoms with Gasteiger partial charge in [0.15, 0.2) is 5.58 Å². The lowest BCUT2D eigenvalue weighted by molar-refractivity contribution is -0.122. The van der Waals surface area contributed by atoms with E-state index in [0.29, 0.717) is 42.7 Å². The zero-order chi connectivity index (χ0) is 20.1. The highest BCUT2D eigenvalue weighted by molar-refractivity contribution is 5.76. The topological polar surface area (TPSA) is 96.2 Å². The Hall–Kier alpha value is -3.16. The number of aryl methyl sites for hydroxylation is 1. The maximum Gasteiger partial charge on any atom is 0.299 e. The van der Waals surface area contributed by atoms with Crippen LogP contribution in [0.15, 0.2) is 41.2 Å². The van der Waals surface area contributed by atoms with Crippen molar-refractivity contribution >= 4 is 28.8 Å². The molecule has 8 heteroatoms. The second-order valence-electron chi connectivity index (χ2n) is 7.45. The number of anilines is 2. The summed E-state index contributed by atoms with van der Waals surface area (Å²) in [5.41, 5.74) is 3.46. The highest BCUT2D eigenvalue weighted by atomic mass is 16.4. The second kappa shape index (κ2) is 8.89. The number of oxazole rings is 1. The van der Waals surface area contributed by atoms with Gasteiger partial charge in [-0.25, -0.2) is 4.98 Å². The van der Waals surface area contributed by atoms with Crippen molar-refractivity contribution in [3.63, 3.8) is 0 Å². The molecule has 1 amide bonds. The number of pyridine rings is 2. The van der Waals surface area contributed by atoms with Gasteiger partial charge in [-0.2, -0.15) is 4.98 Å². The van der Waals surface area contributed by atoms with Gasteiger partial charge in [0.2, 0.25) is 11.6 Å². The Morgan fingerprint density at radius 1 is 1.31 bits per heavy atom. The molecule has 0 aromatic carbocycles. The third-order valence-corrected chi connectivity index (χ3v) is 5.20. The molecule has 1 saturated heterocycles. The van der Waals surface area contributed by atoms with Crippen LogP contribution in [-0.2, 0) is 4.79 Å². The first-order chi connectivity index (χ1) is 14.2. The molecule has 1 aliphatic heterocycles. The van der Waals surface area contributed by atoms with Crippen molar-refractivity contribution in [1.29, 1.82) is 0 Å². The maximum absolute atomic E-state index is 12.4. The average molecular weight is 394 g/mol. The van der Waals surface area contributed by atoms with Gasteiger partial charge >= 0.3 is 0 Å². The SMILES string of the molecule is Cc1cnccc1NCCNC(=O)CC1CCCN(c2nc3ncccc3o2)C1. The Morgan fingerprint density at radius 3 is 3.10 bits per heavy atom. The van der Waals surface area contributed by atoms with Crippen LogP contribution < -0.4 is 15.5 Å². The van der Waals surface area contributed by atoms with Crippen molar-refractivity contribution < 1.29 is 9.21 Å². The van der Waals surface area contributed by atoms with Gasteiger partial charge in [-0.05, 0) is 49.4 Å². The normalized spacial score (nSPS) is 16.7. The van der Waals surface area contributed by atoms with E-state index >= 15 is 0 Å². The van der Waals surface area contributed by atoms with Crippen LogP contribution in [-0.4, -0.2) is 47.0 Å². The van der Waals surface area contributed by atoms with Crippen LogP contribution in [0.3, 0.4) is 0 Å². The van der Waals surface area contributed by atoms with E-state index in [1.165, 1.54) is 0 Å². The number of hydrogen-bond donors (Lipinski definition) is 2. The van der Waals surface area contributed by atoms with Gasteiger partial charge in [0, 0.05) is 56.9 Å². The molecule has 1 fully saturated rings. The molecule has 0 radical (unpaired) electrons. The van der Waals surface area contributed by atoms with Gasteiger partial charge in [0.1, 0.15) is 0 Å². The molecule has 1 unspecified atom stereocenters. The van der Waals surface area contributed by atoms with E-state index in [-0.39, 0.29) is 5.91 Å². The predicted octanol–water partition coefficient (Wildman–Crippen LogP) is 2.76. The molecule has 3 aromatic rings. The van der Waals surface area contributed by atoms with Crippen LogP contribution in [0.2, 0.25) is 0 Å². The Labute approximate surface area is 169 Å². The zero-order valence-corrected chi connectivity index (χ0v) is 16.6. The molecule has 0 aliphatic carbocycles. The Morgan fingerprint density at radius 2 is 2.24 bits per heavy atom. The predicted molar refractivity (Wildman–Crippen MR) is 112 cm³/mol. The van der Waals surface area contributed by atoms with E-state index in [4.69, 9.17) is 4.42 Å². The van der Waals surface area contributed by atoms with Crippen molar-refractivity contribution in [2.75, 3.05) is 36.4 Å². The van der Waals surface area contributed by atoms with Crippen LogP contribution in [0.5, 0.6) is 0 Å². The van der Waals surface area contributed by atoms with E-state index in [1.54, 1.807) is 12.4 Å². The van der Waals surface area contributed by atoms with E-state index in [2.05, 4.69) is 30.5 Å². The van der Waals surface area contributed by atoms with E-state index in [0.717, 1.165) is 37.2 Å². The molecular weight excluding hydrogens is 368 g/mol. The average Bonchev–Trinajstić information content (AvgIpc) is 3.17. The van der Waals surface area contributed by atoms with Crippen molar-refractivity contribution in [2.45, 2.75) is 26.2 Å². The number of carbonyl (C=O) groups is 1. The number of carbonyl (C=O) groups excluding carboxylic acids is 1. The smallest absolute Gasteiger partial charge is 0.299 e. The van der Waals surface area contributed by atoms with Gasteiger partial charge in [-0.3, -0.25) is 9.78 Å². The molecule has 0 saturated carbocycles. The third kappa shape index (κ3) is 4.82. The summed E-state index contributed by atoms with van der Waals surface area (Å²) < 4.78 is 5.83. The molecule has 1 atom stereocenters. The molecule has 4 heterocycles. The first-order valence-electron chi connectivity index (χ1n) is 10.1. The standard InChI is InChI=1S/C21H26N6O2/c1-15-13-22-8-6-17(15)23-9-10-24-19(28)12-16-4-3-11-27(14-16)21-26-20-18(29-21)5-2-7-25-20/h2,5-8,13,16H,3-4,9-12,14H2,1H3,(H,22,23)(H,24,28). The lowest BCUT2D eigenvalue weighted by Gasteiger charge is -2.31.